The van der Waals surface area contributed by atoms with Gasteiger partial charge in [0, 0.05) is 10.7 Å². The maximum atomic E-state index is 11.7. The maximum Gasteiger partial charge on any atom is 0.253 e. The molecule has 1 aromatic rings. The Labute approximate surface area is 93.9 Å². The highest BCUT2D eigenvalue weighted by Gasteiger charge is 2.11. The Bertz CT molecular complexity index is 381. The second-order valence-electron chi connectivity index (χ2n) is 3.24. The van der Waals surface area contributed by atoms with Crippen LogP contribution >= 0.6 is 11.6 Å². The monoisotopic (exact) mass is 224 g/mol. The van der Waals surface area contributed by atoms with E-state index in [4.69, 9.17) is 17.3 Å². The van der Waals surface area contributed by atoms with E-state index >= 15 is 0 Å². The summed E-state index contributed by atoms with van der Waals surface area (Å²) in [5.74, 6) is -0.229. The molecule has 80 valence electrons. The van der Waals surface area contributed by atoms with Gasteiger partial charge in [-0.15, -0.1) is 0 Å². The Morgan fingerprint density at radius 2 is 2.27 bits per heavy atom. The van der Waals surface area contributed by atoms with Crippen molar-refractivity contribution in [2.75, 3.05) is 12.3 Å². The van der Waals surface area contributed by atoms with E-state index in [1.165, 1.54) is 0 Å². The molecule has 15 heavy (non-hydrogen) atoms. The first kappa shape index (κ1) is 11.6. The highest BCUT2D eigenvalue weighted by atomic mass is 35.5. The van der Waals surface area contributed by atoms with Crippen molar-refractivity contribution < 1.29 is 4.79 Å². The van der Waals surface area contributed by atoms with Crippen molar-refractivity contribution in [2.45, 2.75) is 6.92 Å². The summed E-state index contributed by atoms with van der Waals surface area (Å²) in [5, 5.41) is 3.01. The van der Waals surface area contributed by atoms with E-state index in [9.17, 15) is 4.79 Å². The molecule has 0 aliphatic rings. The molecule has 0 atom stereocenters. The fraction of sp³-hybridized carbons (Fsp3) is 0.182. The summed E-state index contributed by atoms with van der Waals surface area (Å²) in [4.78, 5) is 11.7. The zero-order valence-electron chi connectivity index (χ0n) is 8.51. The summed E-state index contributed by atoms with van der Waals surface area (Å²) < 4.78 is 0. The second kappa shape index (κ2) is 4.84. The number of hydrogen-bond acceptors (Lipinski definition) is 2. The van der Waals surface area contributed by atoms with Gasteiger partial charge in [-0.25, -0.2) is 0 Å². The third-order valence-electron chi connectivity index (χ3n) is 1.97. The Morgan fingerprint density at radius 3 is 2.80 bits per heavy atom. The topological polar surface area (TPSA) is 55.1 Å². The summed E-state index contributed by atoms with van der Waals surface area (Å²) in [7, 11) is 0. The van der Waals surface area contributed by atoms with Gasteiger partial charge in [-0.1, -0.05) is 30.3 Å². The standard InChI is InChI=1S/C11H13ClN2O/c1-7-4-3-5-9(13)10(7)11(15)14-6-8(2)12/h3-5H,2,6,13H2,1H3,(H,14,15). The van der Waals surface area contributed by atoms with Gasteiger partial charge in [-0.2, -0.15) is 0 Å². The fourth-order valence-corrected chi connectivity index (χ4v) is 1.33. The lowest BCUT2D eigenvalue weighted by Crippen LogP contribution is -2.26. The van der Waals surface area contributed by atoms with Gasteiger partial charge in [-0.05, 0) is 18.6 Å². The number of nitrogen functional groups attached to an aromatic ring is 1. The Hall–Kier alpha value is -1.48. The smallest absolute Gasteiger partial charge is 0.253 e. The average Bonchev–Trinajstić information content (AvgIpc) is 2.14. The third-order valence-corrected chi connectivity index (χ3v) is 2.11. The molecule has 1 rings (SSSR count). The number of nitrogens with two attached hydrogens (primary N) is 1. The Balaban J connectivity index is 2.86. The minimum atomic E-state index is -0.229. The first-order valence-corrected chi connectivity index (χ1v) is 4.86. The van der Waals surface area contributed by atoms with Crippen LogP contribution in [0, 0.1) is 6.92 Å². The van der Waals surface area contributed by atoms with E-state index in [-0.39, 0.29) is 12.5 Å². The fourth-order valence-electron chi connectivity index (χ4n) is 1.27. The molecule has 0 aromatic heterocycles. The van der Waals surface area contributed by atoms with Crippen LogP contribution in [0.5, 0.6) is 0 Å². The molecule has 0 radical (unpaired) electrons. The van der Waals surface area contributed by atoms with Crippen LogP contribution in [0.4, 0.5) is 5.69 Å². The van der Waals surface area contributed by atoms with Crippen LogP contribution in [0.25, 0.3) is 0 Å². The van der Waals surface area contributed by atoms with Crippen molar-refractivity contribution in [2.24, 2.45) is 0 Å². The minimum absolute atomic E-state index is 0.229. The van der Waals surface area contributed by atoms with Gasteiger partial charge >= 0.3 is 0 Å². The van der Waals surface area contributed by atoms with Gasteiger partial charge in [0.05, 0.1) is 12.1 Å². The summed E-state index contributed by atoms with van der Waals surface area (Å²) in [5.41, 5.74) is 7.51. The number of hydrogen-bond donors (Lipinski definition) is 2. The molecule has 0 unspecified atom stereocenters. The van der Waals surface area contributed by atoms with Crippen molar-refractivity contribution >= 4 is 23.2 Å². The van der Waals surface area contributed by atoms with E-state index in [1.807, 2.05) is 19.1 Å². The quantitative estimate of drug-likeness (QED) is 0.773. The number of halogens is 1. The lowest BCUT2D eigenvalue weighted by Gasteiger charge is -2.09. The van der Waals surface area contributed by atoms with Crippen LogP contribution in [-0.4, -0.2) is 12.5 Å². The molecule has 0 saturated heterocycles. The predicted octanol–water partition coefficient (Wildman–Crippen LogP) is 2.06. The summed E-state index contributed by atoms with van der Waals surface area (Å²) >= 11 is 5.55. The molecule has 1 amide bonds. The lowest BCUT2D eigenvalue weighted by atomic mass is 10.1. The van der Waals surface area contributed by atoms with E-state index in [2.05, 4.69) is 11.9 Å². The van der Waals surface area contributed by atoms with Crippen molar-refractivity contribution in [3.05, 3.63) is 40.9 Å². The number of nitrogens with one attached hydrogen (secondary N) is 1. The largest absolute Gasteiger partial charge is 0.398 e. The molecule has 0 heterocycles. The molecule has 0 aliphatic heterocycles. The zero-order chi connectivity index (χ0) is 11.4. The van der Waals surface area contributed by atoms with Gasteiger partial charge in [0.25, 0.3) is 5.91 Å². The van der Waals surface area contributed by atoms with E-state index in [1.54, 1.807) is 6.07 Å². The van der Waals surface area contributed by atoms with Crippen LogP contribution in [0.3, 0.4) is 0 Å². The molecule has 0 aliphatic carbocycles. The van der Waals surface area contributed by atoms with Gasteiger partial charge in [0.15, 0.2) is 0 Å². The minimum Gasteiger partial charge on any atom is -0.398 e. The average molecular weight is 225 g/mol. The molecule has 1 aromatic carbocycles. The highest BCUT2D eigenvalue weighted by molar-refractivity contribution is 6.29. The summed E-state index contributed by atoms with van der Waals surface area (Å²) in [6, 6.07) is 5.33. The van der Waals surface area contributed by atoms with Gasteiger partial charge in [-0.3, -0.25) is 4.79 Å². The number of carbonyl (C=O) groups excluding carboxylic acids is 1. The number of rotatable bonds is 3. The maximum absolute atomic E-state index is 11.7. The first-order chi connectivity index (χ1) is 7.02. The first-order valence-electron chi connectivity index (χ1n) is 4.49. The molecule has 0 bridgehead atoms. The molecular weight excluding hydrogens is 212 g/mol. The van der Waals surface area contributed by atoms with Crippen LogP contribution in [-0.2, 0) is 0 Å². The number of benzene rings is 1. The second-order valence-corrected chi connectivity index (χ2v) is 3.77. The van der Waals surface area contributed by atoms with Gasteiger partial charge < -0.3 is 11.1 Å². The highest BCUT2D eigenvalue weighted by Crippen LogP contribution is 2.15. The Morgan fingerprint density at radius 1 is 1.60 bits per heavy atom. The molecule has 4 heteroatoms. The van der Waals surface area contributed by atoms with Crippen LogP contribution in [0.2, 0.25) is 0 Å². The van der Waals surface area contributed by atoms with Gasteiger partial charge in [0.1, 0.15) is 0 Å². The summed E-state index contributed by atoms with van der Waals surface area (Å²) in [6.07, 6.45) is 0. The number of anilines is 1. The van der Waals surface area contributed by atoms with Crippen molar-refractivity contribution in [3.8, 4) is 0 Å². The summed E-state index contributed by atoms with van der Waals surface area (Å²) in [6.45, 7) is 5.56. The van der Waals surface area contributed by atoms with Crippen LogP contribution in [0.15, 0.2) is 29.8 Å². The molecule has 0 saturated carbocycles. The van der Waals surface area contributed by atoms with E-state index < -0.39 is 0 Å². The zero-order valence-corrected chi connectivity index (χ0v) is 9.27. The van der Waals surface area contributed by atoms with Crippen LogP contribution < -0.4 is 11.1 Å². The molecule has 3 nitrogen and oxygen atoms in total. The van der Waals surface area contributed by atoms with Crippen LogP contribution in [0.1, 0.15) is 15.9 Å². The van der Waals surface area contributed by atoms with Gasteiger partial charge in [0.2, 0.25) is 0 Å². The molecule has 3 N–H and O–H groups in total. The number of aryl methyl sites for hydroxylation is 1. The number of amides is 1. The van der Waals surface area contributed by atoms with Crippen molar-refractivity contribution in [3.63, 3.8) is 0 Å². The van der Waals surface area contributed by atoms with E-state index in [0.29, 0.717) is 16.3 Å². The normalized spacial score (nSPS) is 9.73. The molecule has 0 fully saturated rings. The molecule has 0 spiro atoms. The van der Waals surface area contributed by atoms with E-state index in [0.717, 1.165) is 5.56 Å². The van der Waals surface area contributed by atoms with Crippen molar-refractivity contribution in [1.82, 2.24) is 5.32 Å². The third kappa shape index (κ3) is 2.99. The lowest BCUT2D eigenvalue weighted by molar-refractivity contribution is 0.0958. The van der Waals surface area contributed by atoms with Crippen molar-refractivity contribution in [1.29, 1.82) is 0 Å². The SMILES string of the molecule is C=C(Cl)CNC(=O)c1c(C)cccc1N. The Kier molecular flexibility index (Phi) is 3.74. The molecular formula is C11H13ClN2O. The number of carbonyl (C=O) groups is 1. The predicted molar refractivity (Wildman–Crippen MR) is 62.9 cm³/mol.